The van der Waals surface area contributed by atoms with Gasteiger partial charge in [0.25, 0.3) is 0 Å². The van der Waals surface area contributed by atoms with Gasteiger partial charge in [-0.25, -0.2) is 14.6 Å². The Hall–Kier alpha value is -2.56. The normalized spacial score (nSPS) is 11.8. The van der Waals surface area contributed by atoms with E-state index in [2.05, 4.69) is 20.2 Å². The van der Waals surface area contributed by atoms with Crippen LogP contribution in [0.2, 0.25) is 0 Å². The van der Waals surface area contributed by atoms with Crippen LogP contribution >= 0.6 is 11.8 Å². The first kappa shape index (κ1) is 14.4. The van der Waals surface area contributed by atoms with Crippen LogP contribution in [0.1, 0.15) is 5.69 Å². The summed E-state index contributed by atoms with van der Waals surface area (Å²) in [5, 5.41) is 7.60. The standard InChI is InChI=1S/C11H7F3N6OS/c12-11(13,14)7-3-4-16-9(17-7)22-10-19-18-8(20(10)15)6-2-1-5-21-6/h1-5H,15H2. The number of rotatable bonds is 3. The van der Waals surface area contributed by atoms with Crippen LogP contribution in [0.3, 0.4) is 0 Å². The number of hydrogen-bond donors (Lipinski definition) is 1. The minimum absolute atomic E-state index is 0.130. The third-order valence-electron chi connectivity index (χ3n) is 2.51. The van der Waals surface area contributed by atoms with Crippen LogP contribution in [0.5, 0.6) is 0 Å². The molecule has 0 fully saturated rings. The molecule has 3 aromatic rings. The zero-order valence-corrected chi connectivity index (χ0v) is 11.5. The maximum absolute atomic E-state index is 12.6. The highest BCUT2D eigenvalue weighted by Crippen LogP contribution is 2.30. The number of furan rings is 1. The zero-order chi connectivity index (χ0) is 15.7. The van der Waals surface area contributed by atoms with Crippen molar-refractivity contribution >= 4 is 11.8 Å². The van der Waals surface area contributed by atoms with Crippen LogP contribution in [-0.2, 0) is 6.18 Å². The van der Waals surface area contributed by atoms with Gasteiger partial charge in [0, 0.05) is 6.20 Å². The van der Waals surface area contributed by atoms with E-state index in [1.165, 1.54) is 6.26 Å². The van der Waals surface area contributed by atoms with Crippen molar-refractivity contribution in [3.63, 3.8) is 0 Å². The lowest BCUT2D eigenvalue weighted by Gasteiger charge is -2.06. The molecule has 3 rings (SSSR count). The fraction of sp³-hybridized carbons (Fsp3) is 0.0909. The minimum Gasteiger partial charge on any atom is -0.461 e. The third-order valence-corrected chi connectivity index (χ3v) is 3.35. The Labute approximate surface area is 125 Å². The Balaban J connectivity index is 1.88. The van der Waals surface area contributed by atoms with E-state index >= 15 is 0 Å². The van der Waals surface area contributed by atoms with Crippen LogP contribution < -0.4 is 5.84 Å². The highest BCUT2D eigenvalue weighted by atomic mass is 32.2. The Bertz CT molecular complexity index is 785. The molecule has 0 radical (unpaired) electrons. The molecule has 0 amide bonds. The summed E-state index contributed by atoms with van der Waals surface area (Å²) in [4.78, 5) is 7.17. The smallest absolute Gasteiger partial charge is 0.433 e. The van der Waals surface area contributed by atoms with Gasteiger partial charge in [0.15, 0.2) is 10.9 Å². The van der Waals surface area contributed by atoms with E-state index in [-0.39, 0.29) is 16.1 Å². The second-order valence-corrected chi connectivity index (χ2v) is 4.91. The lowest BCUT2D eigenvalue weighted by molar-refractivity contribution is -0.141. The molecule has 11 heteroatoms. The third kappa shape index (κ3) is 2.74. The van der Waals surface area contributed by atoms with Crippen LogP contribution in [0.4, 0.5) is 13.2 Å². The quantitative estimate of drug-likeness (QED) is 0.581. The van der Waals surface area contributed by atoms with E-state index < -0.39 is 11.9 Å². The zero-order valence-electron chi connectivity index (χ0n) is 10.7. The molecule has 7 nitrogen and oxygen atoms in total. The van der Waals surface area contributed by atoms with Gasteiger partial charge in [-0.3, -0.25) is 0 Å². The summed E-state index contributed by atoms with van der Waals surface area (Å²) in [6.07, 6.45) is -2.09. The molecule has 3 heterocycles. The Kier molecular flexibility index (Phi) is 3.48. The average Bonchev–Trinajstić information content (AvgIpc) is 3.09. The monoisotopic (exact) mass is 328 g/mol. The molecular weight excluding hydrogens is 321 g/mol. The summed E-state index contributed by atoms with van der Waals surface area (Å²) >= 11 is 0.763. The summed E-state index contributed by atoms with van der Waals surface area (Å²) < 4.78 is 44.0. The lowest BCUT2D eigenvalue weighted by Crippen LogP contribution is -2.12. The minimum atomic E-state index is -4.55. The number of aromatic nitrogens is 5. The van der Waals surface area contributed by atoms with Gasteiger partial charge in [0.2, 0.25) is 11.0 Å². The largest absolute Gasteiger partial charge is 0.461 e. The van der Waals surface area contributed by atoms with Crippen molar-refractivity contribution in [3.05, 3.63) is 36.4 Å². The molecule has 0 saturated heterocycles. The van der Waals surface area contributed by atoms with Crippen LogP contribution in [0.25, 0.3) is 11.6 Å². The number of hydrogen-bond acceptors (Lipinski definition) is 7. The molecule has 114 valence electrons. The number of nitrogen functional groups attached to an aromatic ring is 1. The van der Waals surface area contributed by atoms with Crippen molar-refractivity contribution in [2.24, 2.45) is 0 Å². The molecule has 0 aliphatic heterocycles. The van der Waals surface area contributed by atoms with Gasteiger partial charge in [-0.05, 0) is 30.0 Å². The van der Waals surface area contributed by atoms with E-state index in [9.17, 15) is 13.2 Å². The summed E-state index contributed by atoms with van der Waals surface area (Å²) in [5.74, 6) is 6.42. The molecule has 0 atom stereocenters. The molecular formula is C11H7F3N6OS. The van der Waals surface area contributed by atoms with E-state index in [4.69, 9.17) is 10.3 Å². The molecule has 2 N–H and O–H groups in total. The Morgan fingerprint density at radius 1 is 1.23 bits per heavy atom. The molecule has 0 aliphatic carbocycles. The maximum Gasteiger partial charge on any atom is 0.433 e. The fourth-order valence-corrected chi connectivity index (χ4v) is 2.24. The van der Waals surface area contributed by atoms with Gasteiger partial charge < -0.3 is 10.3 Å². The van der Waals surface area contributed by atoms with Gasteiger partial charge in [-0.2, -0.15) is 13.2 Å². The molecule has 0 saturated carbocycles. The molecule has 0 spiro atoms. The van der Waals surface area contributed by atoms with Crippen LogP contribution in [-0.4, -0.2) is 24.8 Å². The van der Waals surface area contributed by atoms with Crippen molar-refractivity contribution < 1.29 is 17.6 Å². The first-order valence-electron chi connectivity index (χ1n) is 5.77. The topological polar surface area (TPSA) is 95.7 Å². The lowest BCUT2D eigenvalue weighted by atomic mass is 10.4. The number of nitrogens with zero attached hydrogens (tertiary/aromatic N) is 5. The number of halogens is 3. The van der Waals surface area contributed by atoms with Gasteiger partial charge in [-0.1, -0.05) is 0 Å². The molecule has 0 bridgehead atoms. The predicted molar refractivity (Wildman–Crippen MR) is 69.0 cm³/mol. The number of alkyl halides is 3. The summed E-state index contributed by atoms with van der Waals surface area (Å²) in [6, 6.07) is 4.06. The number of nitrogens with two attached hydrogens (primary N) is 1. The second kappa shape index (κ2) is 5.33. The first-order valence-corrected chi connectivity index (χ1v) is 6.59. The Morgan fingerprint density at radius 3 is 2.73 bits per heavy atom. The van der Waals surface area contributed by atoms with Crippen LogP contribution in [0, 0.1) is 0 Å². The van der Waals surface area contributed by atoms with Crippen molar-refractivity contribution in [3.8, 4) is 11.6 Å². The van der Waals surface area contributed by atoms with Gasteiger partial charge >= 0.3 is 6.18 Å². The molecule has 22 heavy (non-hydrogen) atoms. The highest BCUT2D eigenvalue weighted by Gasteiger charge is 2.33. The van der Waals surface area contributed by atoms with Gasteiger partial charge in [-0.15, -0.1) is 10.2 Å². The van der Waals surface area contributed by atoms with E-state index in [1.807, 2.05) is 0 Å². The van der Waals surface area contributed by atoms with Gasteiger partial charge in [0.1, 0.15) is 5.69 Å². The fourth-order valence-electron chi connectivity index (χ4n) is 1.55. The van der Waals surface area contributed by atoms with Crippen molar-refractivity contribution in [1.29, 1.82) is 0 Å². The molecule has 0 unspecified atom stereocenters. The second-order valence-electron chi connectivity index (χ2n) is 3.98. The van der Waals surface area contributed by atoms with Gasteiger partial charge in [0.05, 0.1) is 6.26 Å². The molecule has 3 aromatic heterocycles. The predicted octanol–water partition coefficient (Wildman–Crippen LogP) is 2.21. The van der Waals surface area contributed by atoms with Crippen molar-refractivity contribution in [2.75, 3.05) is 5.84 Å². The van der Waals surface area contributed by atoms with E-state index in [0.717, 1.165) is 28.7 Å². The summed E-state index contributed by atoms with van der Waals surface area (Å²) in [7, 11) is 0. The summed E-state index contributed by atoms with van der Waals surface area (Å²) in [5.41, 5.74) is -1.04. The maximum atomic E-state index is 12.6. The molecule has 0 aromatic carbocycles. The van der Waals surface area contributed by atoms with E-state index in [0.29, 0.717) is 5.76 Å². The summed E-state index contributed by atoms with van der Waals surface area (Å²) in [6.45, 7) is 0. The van der Waals surface area contributed by atoms with Crippen LogP contribution in [0.15, 0.2) is 45.4 Å². The van der Waals surface area contributed by atoms with E-state index in [1.54, 1.807) is 12.1 Å². The first-order chi connectivity index (χ1) is 10.4. The SMILES string of the molecule is Nn1c(Sc2nccc(C(F)(F)F)n2)nnc1-c1ccco1. The average molecular weight is 328 g/mol. The van der Waals surface area contributed by atoms with Crippen molar-refractivity contribution in [1.82, 2.24) is 24.8 Å². The Morgan fingerprint density at radius 2 is 2.05 bits per heavy atom. The van der Waals surface area contributed by atoms with Crippen molar-refractivity contribution in [2.45, 2.75) is 16.5 Å². The highest BCUT2D eigenvalue weighted by molar-refractivity contribution is 7.99. The molecule has 0 aliphatic rings.